The van der Waals surface area contributed by atoms with Gasteiger partial charge in [0, 0.05) is 76.6 Å². The van der Waals surface area contributed by atoms with E-state index >= 15 is 0 Å². The highest BCUT2D eigenvalue weighted by Gasteiger charge is 2.60. The summed E-state index contributed by atoms with van der Waals surface area (Å²) >= 11 is 0. The molecule has 6 rings (SSSR count). The molecule has 15 nitrogen and oxygen atoms in total. The smallest absolute Gasteiger partial charge is 0.434 e. The molecule has 2 saturated heterocycles. The largest absolute Gasteiger partial charge is 0.503 e. The highest BCUT2D eigenvalue weighted by Crippen LogP contribution is 2.48. The Hall–Kier alpha value is -5.91. The lowest BCUT2D eigenvalue weighted by molar-refractivity contribution is -0.309. The SMILES string of the molecule is OC(C(F)(F)F)C(F)(F)F.[C-]#[N+]c1cc(F)cc(CN2CCN(C(=O)OC(C(F)(F)F)C(F)(F)F)CC2)c1OCC1(C(=O)O)CC1.[C-]#[N+]c1cc(F)cc(CN2CCNCC2)c1OCC1(C(=O)O)CC1. The number of hydrogen-bond acceptors (Lipinski definition) is 10. The molecule has 2 saturated carbocycles. The van der Waals surface area contributed by atoms with Gasteiger partial charge >= 0.3 is 42.7 Å². The number of carbonyl (C=O) groups is 3. The van der Waals surface area contributed by atoms with Gasteiger partial charge in [-0.1, -0.05) is 0 Å². The molecule has 0 atom stereocenters. The van der Waals surface area contributed by atoms with Crippen LogP contribution in [-0.4, -0.2) is 151 Å². The molecule has 0 unspecified atom stereocenters. The van der Waals surface area contributed by atoms with Crippen LogP contribution in [0.1, 0.15) is 36.8 Å². The molecular formula is C41H42F14N6O9. The first-order valence-electron chi connectivity index (χ1n) is 20.5. The van der Waals surface area contributed by atoms with Crippen LogP contribution in [0, 0.1) is 35.6 Å². The zero-order valence-corrected chi connectivity index (χ0v) is 36.1. The number of amides is 1. The van der Waals surface area contributed by atoms with Crippen molar-refractivity contribution in [3.8, 4) is 11.5 Å². The number of aliphatic hydroxyl groups is 1. The molecule has 4 aliphatic rings. The number of nitrogens with zero attached hydrogens (tertiary/aromatic N) is 5. The molecule has 2 aromatic carbocycles. The van der Waals surface area contributed by atoms with Gasteiger partial charge in [-0.3, -0.25) is 19.4 Å². The summed E-state index contributed by atoms with van der Waals surface area (Å²) in [5, 5.41) is 29.3. The number of rotatable bonds is 13. The molecule has 0 aromatic heterocycles. The standard InChI is InChI=1S/C21H20F7N3O5.C17H20FN3O3.C3H2F6O/c1-29-14-9-13(22)8-12(15(14)35-11-19(2-3-19)17(32)33)10-30-4-6-31(7-5-30)18(34)36-16(20(23,24)25)21(26,27)28;1-19-14-9-13(18)8-12(10-21-6-4-20-5-7-21)15(14)24-11-17(2-3-17)16(22)23;4-2(5,6)1(10)3(7,8)9/h8-9,16H,2-7,10-11H2,(H,32,33);8-9,20H,2-7,10-11H2,(H,22,23);1,10H. The Bertz CT molecular complexity index is 2230. The van der Waals surface area contributed by atoms with E-state index in [1.54, 1.807) is 4.90 Å². The van der Waals surface area contributed by atoms with Crippen LogP contribution in [0.15, 0.2) is 24.3 Å². The van der Waals surface area contributed by atoms with Crippen molar-refractivity contribution in [2.75, 3.05) is 65.6 Å². The van der Waals surface area contributed by atoms with E-state index in [4.69, 9.17) is 27.7 Å². The number of carboxylic acid groups (broad SMARTS) is 2. The monoisotopic (exact) mass is 1030 g/mol. The number of hydrogen-bond donors (Lipinski definition) is 4. The average molecular weight is 1030 g/mol. The van der Waals surface area contributed by atoms with Gasteiger partial charge < -0.3 is 39.7 Å². The number of ether oxygens (including phenoxy) is 3. The minimum atomic E-state index is -5.83. The summed E-state index contributed by atoms with van der Waals surface area (Å²) in [6, 6.07) is 4.54. The lowest BCUT2D eigenvalue weighted by Gasteiger charge is -2.35. The molecule has 29 heteroatoms. The van der Waals surface area contributed by atoms with E-state index in [-0.39, 0.29) is 68.6 Å². The Morgan fingerprint density at radius 3 is 1.30 bits per heavy atom. The topological polar surface area (TPSA) is 170 Å². The molecule has 0 bridgehead atoms. The zero-order valence-electron chi connectivity index (χ0n) is 36.1. The third-order valence-electron chi connectivity index (χ3n) is 11.1. The zero-order chi connectivity index (χ0) is 52.6. The van der Waals surface area contributed by atoms with Crippen LogP contribution >= 0.6 is 0 Å². The van der Waals surface area contributed by atoms with Gasteiger partial charge in [-0.2, -0.15) is 52.7 Å². The van der Waals surface area contributed by atoms with Gasteiger partial charge in [0.2, 0.25) is 17.5 Å². The molecule has 388 valence electrons. The summed E-state index contributed by atoms with van der Waals surface area (Å²) in [5.74, 6) is -2.86. The number of carbonyl (C=O) groups excluding carboxylic acids is 1. The minimum Gasteiger partial charge on any atom is -0.503 e. The van der Waals surface area contributed by atoms with Crippen molar-refractivity contribution in [3.05, 3.63) is 69.9 Å². The lowest BCUT2D eigenvalue weighted by atomic mass is 10.1. The van der Waals surface area contributed by atoms with Crippen LogP contribution in [0.3, 0.4) is 0 Å². The normalized spacial score (nSPS) is 18.0. The van der Waals surface area contributed by atoms with Gasteiger partial charge in [0.25, 0.3) is 6.10 Å². The predicted octanol–water partition coefficient (Wildman–Crippen LogP) is 7.86. The molecule has 2 aliphatic carbocycles. The van der Waals surface area contributed by atoms with Crippen LogP contribution in [-0.2, 0) is 27.4 Å². The highest BCUT2D eigenvalue weighted by atomic mass is 19.4. The molecular weight excluding hydrogens is 986 g/mol. The second kappa shape index (κ2) is 22.4. The molecule has 70 heavy (non-hydrogen) atoms. The molecule has 1 amide bonds. The van der Waals surface area contributed by atoms with Crippen LogP contribution < -0.4 is 14.8 Å². The van der Waals surface area contributed by atoms with E-state index in [9.17, 15) is 86.1 Å². The van der Waals surface area contributed by atoms with Gasteiger partial charge in [0.15, 0.2) is 0 Å². The fourth-order valence-electron chi connectivity index (χ4n) is 6.68. The second-order valence-corrected chi connectivity index (χ2v) is 16.4. The Morgan fingerprint density at radius 2 is 1.00 bits per heavy atom. The molecule has 0 radical (unpaired) electrons. The van der Waals surface area contributed by atoms with Crippen molar-refractivity contribution >= 4 is 29.4 Å². The van der Waals surface area contributed by atoms with E-state index in [1.807, 2.05) is 0 Å². The highest BCUT2D eigenvalue weighted by molar-refractivity contribution is 5.78. The summed E-state index contributed by atoms with van der Waals surface area (Å²) in [5.41, 5.74) is -1.21. The maximum atomic E-state index is 14.1. The van der Waals surface area contributed by atoms with Gasteiger partial charge in [0.05, 0.1) is 13.1 Å². The Balaban J connectivity index is 0.000000268. The average Bonchev–Trinajstić information content (AvgIpc) is 4.21. The van der Waals surface area contributed by atoms with Crippen molar-refractivity contribution in [1.29, 1.82) is 0 Å². The van der Waals surface area contributed by atoms with Crippen molar-refractivity contribution in [2.45, 2.75) is 75.7 Å². The Kier molecular flexibility index (Phi) is 18.2. The first kappa shape index (κ1) is 56.7. The number of aliphatic carboxylic acids is 2. The fraction of sp³-hybridized carbons (Fsp3) is 0.585. The van der Waals surface area contributed by atoms with E-state index in [0.29, 0.717) is 48.4 Å². The van der Waals surface area contributed by atoms with Gasteiger partial charge in [0.1, 0.15) is 47.2 Å². The maximum Gasteiger partial charge on any atom is 0.434 e. The van der Waals surface area contributed by atoms with E-state index in [0.717, 1.165) is 44.4 Å². The van der Waals surface area contributed by atoms with Crippen LogP contribution in [0.25, 0.3) is 9.69 Å². The summed E-state index contributed by atoms with van der Waals surface area (Å²) < 4.78 is 185. The molecule has 4 N–H and O–H groups in total. The number of aliphatic hydroxyl groups excluding tert-OH is 1. The fourth-order valence-corrected chi connectivity index (χ4v) is 6.68. The molecule has 2 heterocycles. The number of benzene rings is 2. The lowest BCUT2D eigenvalue weighted by Crippen LogP contribution is -2.52. The summed E-state index contributed by atoms with van der Waals surface area (Å²) in [7, 11) is 0. The van der Waals surface area contributed by atoms with Crippen molar-refractivity contribution in [1.82, 2.24) is 20.0 Å². The first-order valence-corrected chi connectivity index (χ1v) is 20.5. The first-order chi connectivity index (χ1) is 32.4. The van der Waals surface area contributed by atoms with Gasteiger partial charge in [-0.25, -0.2) is 23.3 Å². The third kappa shape index (κ3) is 15.5. The maximum absolute atomic E-state index is 14.1. The number of alkyl halides is 12. The van der Waals surface area contributed by atoms with Crippen LogP contribution in [0.2, 0.25) is 0 Å². The van der Waals surface area contributed by atoms with Gasteiger partial charge in [-0.05, 0) is 49.9 Å². The van der Waals surface area contributed by atoms with Crippen molar-refractivity contribution in [2.24, 2.45) is 10.8 Å². The summed E-state index contributed by atoms with van der Waals surface area (Å²) in [6.07, 6.45) is -31.3. The summed E-state index contributed by atoms with van der Waals surface area (Å²) in [6.45, 7) is 17.6. The molecule has 2 aromatic rings. The molecule has 2 aliphatic heterocycles. The number of halogens is 14. The van der Waals surface area contributed by atoms with Crippen molar-refractivity contribution in [3.63, 3.8) is 0 Å². The predicted molar refractivity (Wildman–Crippen MR) is 210 cm³/mol. The molecule has 4 fully saturated rings. The Labute approximate surface area is 388 Å². The van der Waals surface area contributed by atoms with E-state index in [1.165, 1.54) is 6.07 Å². The molecule has 0 spiro atoms. The Morgan fingerprint density at radius 1 is 0.629 bits per heavy atom. The van der Waals surface area contributed by atoms with Crippen molar-refractivity contribution < 1.29 is 105 Å². The third-order valence-corrected chi connectivity index (χ3v) is 11.1. The van der Waals surface area contributed by atoms with E-state index < -0.39 is 77.4 Å². The number of nitrogens with one attached hydrogen (secondary N) is 1. The number of piperazine rings is 2. The number of carboxylic acids is 2. The second-order valence-electron chi connectivity index (χ2n) is 16.4. The van der Waals surface area contributed by atoms with Crippen LogP contribution in [0.4, 0.5) is 77.6 Å². The van der Waals surface area contributed by atoms with Gasteiger partial charge in [-0.15, -0.1) is 0 Å². The van der Waals surface area contributed by atoms with E-state index in [2.05, 4.69) is 24.6 Å². The van der Waals surface area contributed by atoms with Crippen LogP contribution in [0.5, 0.6) is 11.5 Å². The minimum absolute atomic E-state index is 0.0137. The quantitative estimate of drug-likeness (QED) is 0.113. The summed E-state index contributed by atoms with van der Waals surface area (Å²) in [4.78, 5) is 45.7.